The van der Waals surface area contributed by atoms with Crippen molar-refractivity contribution in [1.82, 2.24) is 30.8 Å². The number of aryl methyl sites for hydroxylation is 1. The van der Waals surface area contributed by atoms with Crippen molar-refractivity contribution in [3.05, 3.63) is 131 Å². The molecule has 1 saturated heterocycles. The van der Waals surface area contributed by atoms with E-state index in [9.17, 15) is 14.7 Å². The van der Waals surface area contributed by atoms with E-state index in [0.717, 1.165) is 38.9 Å². The summed E-state index contributed by atoms with van der Waals surface area (Å²) in [6.07, 6.45) is 0.0446. The molecule has 2 amide bonds. The van der Waals surface area contributed by atoms with Crippen LogP contribution in [-0.4, -0.2) is 62.3 Å². The van der Waals surface area contributed by atoms with Crippen LogP contribution in [0.25, 0.3) is 11.1 Å². The average Bonchev–Trinajstić information content (AvgIpc) is 3.60. The van der Waals surface area contributed by atoms with Crippen molar-refractivity contribution >= 4 is 23.8 Å². The molecule has 1 aliphatic rings. The number of aliphatic hydroxyl groups excluding tert-OH is 1. The highest BCUT2D eigenvalue weighted by Crippen LogP contribution is 2.39. The van der Waals surface area contributed by atoms with Crippen LogP contribution in [0.3, 0.4) is 0 Å². The summed E-state index contributed by atoms with van der Waals surface area (Å²) in [6, 6.07) is 32.0. The number of hydrogen-bond donors (Lipinski definition) is 3. The summed E-state index contributed by atoms with van der Waals surface area (Å²) in [5, 5.41) is 27.6. The number of carbonyl (C=O) groups excluding carboxylic acids is 2. The summed E-state index contributed by atoms with van der Waals surface area (Å²) in [5.74, 6) is 0.136. The van der Waals surface area contributed by atoms with Gasteiger partial charge in [-0.2, -0.15) is 0 Å². The lowest BCUT2D eigenvalue weighted by Crippen LogP contribution is -2.47. The molecule has 264 valence electrons. The van der Waals surface area contributed by atoms with E-state index >= 15 is 0 Å². The zero-order valence-electron chi connectivity index (χ0n) is 28.3. The molecule has 0 unspecified atom stereocenters. The van der Waals surface area contributed by atoms with E-state index in [1.54, 1.807) is 4.68 Å². The second-order valence-corrected chi connectivity index (χ2v) is 13.1. The predicted octanol–water partition coefficient (Wildman–Crippen LogP) is 5.29. The Morgan fingerprint density at radius 1 is 0.922 bits per heavy atom. The summed E-state index contributed by atoms with van der Waals surface area (Å²) in [6.45, 7) is 0.252. The number of tetrazole rings is 1. The number of amides is 2. The smallest absolute Gasteiger partial charge is 0.328 e. The fourth-order valence-electron chi connectivity index (χ4n) is 5.80. The topological polar surface area (TPSA) is 150 Å². The van der Waals surface area contributed by atoms with Crippen LogP contribution in [0.15, 0.2) is 108 Å². The van der Waals surface area contributed by atoms with Crippen molar-refractivity contribution < 1.29 is 28.9 Å². The fraction of sp³-hybridized carbons (Fsp3) is 0.289. The number of nitrogens with one attached hydrogen (secondary N) is 2. The average molecular weight is 709 g/mol. The summed E-state index contributed by atoms with van der Waals surface area (Å²) < 4.78 is 19.5. The third-order valence-electron chi connectivity index (χ3n) is 8.56. The van der Waals surface area contributed by atoms with Crippen LogP contribution < -0.4 is 10.6 Å². The SMILES string of the molecule is COC(=O)[C@H](Cc1ccccc1)NC(=O)NCc1cccc(-c2ccc([C@H]3O[C@@H](CSc4nnnn4C)C[C@@H](c4ccc(CO)cc4)O3)cc2)c1. The second kappa shape index (κ2) is 17.2. The standard InChI is InChI=1S/C38H40N6O6S/c1-44-38(41-42-43-44)51-24-32-21-34(29-13-11-26(23-45)12-14-29)50-36(49-32)30-17-15-28(16-18-30)31-10-6-9-27(19-31)22-39-37(47)40-33(35(46)48-2)20-25-7-4-3-5-8-25/h3-19,32-34,36,45H,20-24H2,1-2H3,(H2,39,40,47)/t32-,33+,34+,36+/m1/s1. The van der Waals surface area contributed by atoms with Crippen LogP contribution >= 0.6 is 11.8 Å². The first kappa shape index (κ1) is 35.7. The van der Waals surface area contributed by atoms with Crippen LogP contribution in [0.4, 0.5) is 4.79 Å². The van der Waals surface area contributed by atoms with Crippen LogP contribution in [0.2, 0.25) is 0 Å². The van der Waals surface area contributed by atoms with Gasteiger partial charge in [-0.3, -0.25) is 0 Å². The monoisotopic (exact) mass is 708 g/mol. The Hall–Kier alpha value is -5.08. The van der Waals surface area contributed by atoms with Crippen molar-refractivity contribution in [1.29, 1.82) is 0 Å². The molecule has 0 bridgehead atoms. The molecule has 6 rings (SSSR count). The third kappa shape index (κ3) is 9.58. The van der Waals surface area contributed by atoms with Gasteiger partial charge in [-0.05, 0) is 49.9 Å². The van der Waals surface area contributed by atoms with Gasteiger partial charge in [0.25, 0.3) is 0 Å². The number of rotatable bonds is 13. The van der Waals surface area contributed by atoms with E-state index in [2.05, 4.69) is 26.2 Å². The van der Waals surface area contributed by atoms with Crippen molar-refractivity contribution in [2.75, 3.05) is 12.9 Å². The number of methoxy groups -OCH3 is 1. The quantitative estimate of drug-likeness (QED) is 0.109. The summed E-state index contributed by atoms with van der Waals surface area (Å²) >= 11 is 1.54. The molecule has 1 aliphatic heterocycles. The Labute approximate surface area is 300 Å². The molecule has 1 fully saturated rings. The van der Waals surface area contributed by atoms with Gasteiger partial charge in [0, 0.05) is 37.8 Å². The lowest BCUT2D eigenvalue weighted by Gasteiger charge is -2.36. The van der Waals surface area contributed by atoms with Gasteiger partial charge in [0.15, 0.2) is 6.29 Å². The maximum Gasteiger partial charge on any atom is 0.328 e. The fourth-order valence-corrected chi connectivity index (χ4v) is 6.67. The number of nitrogens with zero attached hydrogens (tertiary/aromatic N) is 4. The first-order valence-electron chi connectivity index (χ1n) is 16.6. The molecule has 4 aromatic carbocycles. The highest BCUT2D eigenvalue weighted by molar-refractivity contribution is 7.99. The minimum absolute atomic E-state index is 0.0176. The number of thioether (sulfide) groups is 1. The van der Waals surface area contributed by atoms with Crippen molar-refractivity contribution in [2.24, 2.45) is 7.05 Å². The molecule has 2 heterocycles. The van der Waals surface area contributed by atoms with Crippen LogP contribution in [0.5, 0.6) is 0 Å². The van der Waals surface area contributed by atoms with Crippen LogP contribution in [0, 0.1) is 0 Å². The molecule has 0 spiro atoms. The molecule has 0 saturated carbocycles. The van der Waals surface area contributed by atoms with E-state index < -0.39 is 24.3 Å². The Morgan fingerprint density at radius 3 is 2.37 bits per heavy atom. The maximum absolute atomic E-state index is 12.8. The van der Waals surface area contributed by atoms with Gasteiger partial charge in [0.2, 0.25) is 5.16 Å². The first-order valence-corrected chi connectivity index (χ1v) is 17.6. The van der Waals surface area contributed by atoms with E-state index in [1.807, 2.05) is 110 Å². The number of carbonyl (C=O) groups is 2. The number of urea groups is 1. The molecule has 0 aliphatic carbocycles. The summed E-state index contributed by atoms with van der Waals surface area (Å²) in [4.78, 5) is 25.1. The maximum atomic E-state index is 12.8. The van der Waals surface area contributed by atoms with Gasteiger partial charge < -0.3 is 30.0 Å². The van der Waals surface area contributed by atoms with E-state index in [1.165, 1.54) is 18.9 Å². The molecular weight excluding hydrogens is 669 g/mol. The van der Waals surface area contributed by atoms with E-state index in [4.69, 9.17) is 14.2 Å². The van der Waals surface area contributed by atoms with Crippen LogP contribution in [0.1, 0.15) is 46.6 Å². The number of ether oxygens (including phenoxy) is 3. The first-order chi connectivity index (χ1) is 24.9. The highest BCUT2D eigenvalue weighted by Gasteiger charge is 2.32. The number of esters is 1. The normalized spacial score (nSPS) is 17.7. The van der Waals surface area contributed by atoms with E-state index in [-0.39, 0.29) is 25.4 Å². The Kier molecular flexibility index (Phi) is 12.1. The largest absolute Gasteiger partial charge is 0.467 e. The Morgan fingerprint density at radius 2 is 1.67 bits per heavy atom. The predicted molar refractivity (Wildman–Crippen MR) is 191 cm³/mol. The number of benzene rings is 4. The van der Waals surface area contributed by atoms with Crippen molar-refractivity contribution in [2.45, 2.75) is 55.7 Å². The number of aromatic nitrogens is 4. The lowest BCUT2D eigenvalue weighted by atomic mass is 9.99. The lowest BCUT2D eigenvalue weighted by molar-refractivity contribution is -0.245. The molecular formula is C38H40N6O6S. The highest BCUT2D eigenvalue weighted by atomic mass is 32.2. The van der Waals surface area contributed by atoms with Gasteiger partial charge in [-0.15, -0.1) is 5.10 Å². The molecule has 13 heteroatoms. The Bertz CT molecular complexity index is 1890. The van der Waals surface area contributed by atoms with Gasteiger partial charge in [0.1, 0.15) is 6.04 Å². The zero-order valence-corrected chi connectivity index (χ0v) is 29.2. The van der Waals surface area contributed by atoms with Gasteiger partial charge in [-0.25, -0.2) is 14.3 Å². The molecule has 0 radical (unpaired) electrons. The van der Waals surface area contributed by atoms with Crippen LogP contribution in [-0.2, 0) is 45.6 Å². The van der Waals surface area contributed by atoms with Gasteiger partial charge in [0.05, 0.1) is 25.9 Å². The van der Waals surface area contributed by atoms with Crippen molar-refractivity contribution in [3.63, 3.8) is 0 Å². The summed E-state index contributed by atoms with van der Waals surface area (Å²) in [7, 11) is 3.11. The van der Waals surface area contributed by atoms with Gasteiger partial charge in [-0.1, -0.05) is 109 Å². The molecule has 4 atom stereocenters. The van der Waals surface area contributed by atoms with E-state index in [0.29, 0.717) is 23.8 Å². The molecule has 5 aromatic rings. The molecule has 51 heavy (non-hydrogen) atoms. The third-order valence-corrected chi connectivity index (χ3v) is 9.71. The Balaban J connectivity index is 1.10. The molecule has 12 nitrogen and oxygen atoms in total. The molecule has 1 aromatic heterocycles. The van der Waals surface area contributed by atoms with Crippen molar-refractivity contribution in [3.8, 4) is 11.1 Å². The minimum atomic E-state index is -0.814. The van der Waals surface area contributed by atoms with Gasteiger partial charge >= 0.3 is 12.0 Å². The number of aliphatic hydroxyl groups is 1. The second-order valence-electron chi connectivity index (χ2n) is 12.2. The summed E-state index contributed by atoms with van der Waals surface area (Å²) in [5.41, 5.74) is 6.53. The minimum Gasteiger partial charge on any atom is -0.467 e. The number of hydrogen-bond acceptors (Lipinski definition) is 10. The zero-order chi connectivity index (χ0) is 35.6. The molecule has 3 N–H and O–H groups in total.